The number of rotatable bonds is 5. The molecule has 1 N–H and O–H groups in total. The zero-order valence-electron chi connectivity index (χ0n) is 10.3. The van der Waals surface area contributed by atoms with E-state index < -0.39 is 11.8 Å². The molecule has 4 heteroatoms. The van der Waals surface area contributed by atoms with E-state index in [4.69, 9.17) is 5.11 Å². The lowest BCUT2D eigenvalue weighted by atomic mass is 10.0. The maximum Gasteiger partial charge on any atom is 0.339 e. The van der Waals surface area contributed by atoms with Gasteiger partial charge in [0.25, 0.3) is 0 Å². The topological polar surface area (TPSA) is 57.6 Å². The van der Waals surface area contributed by atoms with Gasteiger partial charge in [-0.1, -0.05) is 30.3 Å². The van der Waals surface area contributed by atoms with Crippen molar-refractivity contribution in [2.45, 2.75) is 0 Å². The Morgan fingerprint density at radius 3 is 2.28 bits per heavy atom. The van der Waals surface area contributed by atoms with Gasteiger partial charge < -0.3 is 10.0 Å². The van der Waals surface area contributed by atoms with E-state index in [1.54, 1.807) is 41.4 Å². The zero-order valence-corrected chi connectivity index (χ0v) is 10.3. The summed E-state index contributed by atoms with van der Waals surface area (Å²) in [6.45, 7) is 0. The number of Topliss-reactive ketones (excluding diaryl/α,β-unsaturated/α-hetero) is 1. The van der Waals surface area contributed by atoms with Crippen LogP contribution in [0.4, 0.5) is 0 Å². The second kappa shape index (κ2) is 6.39. The van der Waals surface area contributed by atoms with Gasteiger partial charge in [-0.15, -0.1) is 0 Å². The Balaban J connectivity index is 3.00. The predicted molar refractivity (Wildman–Crippen MR) is 69.3 cm³/mol. The zero-order chi connectivity index (χ0) is 13.5. The normalized spacial score (nSPS) is 11.6. The van der Waals surface area contributed by atoms with Crippen molar-refractivity contribution < 1.29 is 14.7 Å². The molecule has 0 heterocycles. The van der Waals surface area contributed by atoms with E-state index in [0.29, 0.717) is 5.56 Å². The van der Waals surface area contributed by atoms with Crippen LogP contribution in [0.5, 0.6) is 0 Å². The molecule has 1 aromatic rings. The molecule has 0 fully saturated rings. The number of hydrogen-bond acceptors (Lipinski definition) is 3. The standard InChI is InChI=1S/C14H15NO3/c1-15(2)10-6-9-12(14(17)18)13(16)11-7-4-3-5-8-11/h3-10H,1-2H3,(H,17,18). The van der Waals surface area contributed by atoms with Crippen LogP contribution in [0, 0.1) is 0 Å². The van der Waals surface area contributed by atoms with Crippen molar-refractivity contribution in [3.63, 3.8) is 0 Å². The molecule has 0 saturated carbocycles. The third-order valence-corrected chi connectivity index (χ3v) is 2.16. The fraction of sp³-hybridized carbons (Fsp3) is 0.143. The van der Waals surface area contributed by atoms with Crippen molar-refractivity contribution in [2.75, 3.05) is 14.1 Å². The van der Waals surface area contributed by atoms with Crippen LogP contribution in [0.3, 0.4) is 0 Å². The highest BCUT2D eigenvalue weighted by Crippen LogP contribution is 2.08. The van der Waals surface area contributed by atoms with Crippen LogP contribution in [0.2, 0.25) is 0 Å². The van der Waals surface area contributed by atoms with Gasteiger partial charge in [0.15, 0.2) is 5.78 Å². The monoisotopic (exact) mass is 245 g/mol. The first-order valence-electron chi connectivity index (χ1n) is 5.40. The number of carbonyl (C=O) groups excluding carboxylic acids is 1. The second-order valence-corrected chi connectivity index (χ2v) is 3.89. The quantitative estimate of drug-likeness (QED) is 0.283. The highest BCUT2D eigenvalue weighted by atomic mass is 16.4. The molecule has 0 bridgehead atoms. The van der Waals surface area contributed by atoms with E-state index in [1.807, 2.05) is 14.1 Å². The van der Waals surface area contributed by atoms with E-state index in [9.17, 15) is 9.59 Å². The number of aliphatic carboxylic acids is 1. The molecule has 0 unspecified atom stereocenters. The molecule has 0 spiro atoms. The van der Waals surface area contributed by atoms with Gasteiger partial charge in [0.05, 0.1) is 0 Å². The summed E-state index contributed by atoms with van der Waals surface area (Å²) in [6, 6.07) is 8.35. The number of hydrogen-bond donors (Lipinski definition) is 1. The lowest BCUT2D eigenvalue weighted by Crippen LogP contribution is -2.12. The van der Waals surface area contributed by atoms with Crippen molar-refractivity contribution in [3.8, 4) is 0 Å². The van der Waals surface area contributed by atoms with Gasteiger partial charge in [-0.3, -0.25) is 4.79 Å². The maximum absolute atomic E-state index is 12.0. The summed E-state index contributed by atoms with van der Waals surface area (Å²) >= 11 is 0. The first-order chi connectivity index (χ1) is 8.52. The van der Waals surface area contributed by atoms with Crippen LogP contribution in [-0.2, 0) is 4.79 Å². The summed E-state index contributed by atoms with van der Waals surface area (Å²) in [7, 11) is 3.62. The number of carboxylic acid groups (broad SMARTS) is 1. The fourth-order valence-electron chi connectivity index (χ4n) is 1.30. The number of ketones is 1. The molecule has 0 aromatic heterocycles. The van der Waals surface area contributed by atoms with Crippen molar-refractivity contribution in [1.82, 2.24) is 4.90 Å². The minimum absolute atomic E-state index is 0.251. The molecule has 0 aliphatic carbocycles. The van der Waals surface area contributed by atoms with Crippen LogP contribution in [0.25, 0.3) is 0 Å². The minimum atomic E-state index is -1.23. The molecule has 0 radical (unpaired) electrons. The fourth-order valence-corrected chi connectivity index (χ4v) is 1.30. The van der Waals surface area contributed by atoms with Gasteiger partial charge in [0, 0.05) is 19.7 Å². The Hall–Kier alpha value is -2.36. The second-order valence-electron chi connectivity index (χ2n) is 3.89. The number of allylic oxidation sites excluding steroid dienone is 2. The predicted octanol–water partition coefficient (Wildman–Crippen LogP) is 1.96. The van der Waals surface area contributed by atoms with Crippen molar-refractivity contribution in [3.05, 3.63) is 59.8 Å². The molecule has 1 aromatic carbocycles. The Morgan fingerprint density at radius 1 is 1.17 bits per heavy atom. The van der Waals surface area contributed by atoms with Gasteiger partial charge in [0.1, 0.15) is 5.57 Å². The molecular weight excluding hydrogens is 230 g/mol. The molecule has 94 valence electrons. The largest absolute Gasteiger partial charge is 0.478 e. The number of nitrogens with zero attached hydrogens (tertiary/aromatic N) is 1. The molecule has 4 nitrogen and oxygen atoms in total. The van der Waals surface area contributed by atoms with Crippen molar-refractivity contribution >= 4 is 11.8 Å². The minimum Gasteiger partial charge on any atom is -0.478 e. The number of carboxylic acids is 1. The molecule has 0 saturated heterocycles. The summed E-state index contributed by atoms with van der Waals surface area (Å²) in [5.74, 6) is -1.72. The van der Waals surface area contributed by atoms with Crippen LogP contribution in [0.1, 0.15) is 10.4 Å². The molecule has 1 rings (SSSR count). The lowest BCUT2D eigenvalue weighted by Gasteiger charge is -2.03. The molecule has 0 aliphatic heterocycles. The Bertz CT molecular complexity index is 487. The Labute approximate surface area is 106 Å². The van der Waals surface area contributed by atoms with Gasteiger partial charge in [-0.2, -0.15) is 0 Å². The van der Waals surface area contributed by atoms with Gasteiger partial charge in [0.2, 0.25) is 0 Å². The highest BCUT2D eigenvalue weighted by molar-refractivity contribution is 6.23. The van der Waals surface area contributed by atoms with Crippen LogP contribution in [0.15, 0.2) is 54.3 Å². The van der Waals surface area contributed by atoms with E-state index >= 15 is 0 Å². The lowest BCUT2D eigenvalue weighted by molar-refractivity contribution is -0.132. The summed E-state index contributed by atoms with van der Waals surface area (Å²) in [6.07, 6.45) is 4.50. The van der Waals surface area contributed by atoms with Gasteiger partial charge in [-0.05, 0) is 18.4 Å². The Kier molecular flexibility index (Phi) is 4.87. The van der Waals surface area contributed by atoms with E-state index in [-0.39, 0.29) is 5.57 Å². The van der Waals surface area contributed by atoms with Crippen molar-refractivity contribution in [1.29, 1.82) is 0 Å². The molecular formula is C14H15NO3. The molecule has 18 heavy (non-hydrogen) atoms. The van der Waals surface area contributed by atoms with Crippen LogP contribution < -0.4 is 0 Å². The smallest absolute Gasteiger partial charge is 0.339 e. The molecule has 0 amide bonds. The molecule has 0 atom stereocenters. The summed E-state index contributed by atoms with van der Waals surface area (Å²) in [5.41, 5.74) is 0.115. The van der Waals surface area contributed by atoms with Crippen LogP contribution in [-0.4, -0.2) is 35.9 Å². The van der Waals surface area contributed by atoms with E-state index in [0.717, 1.165) is 0 Å². The first kappa shape index (κ1) is 13.7. The highest BCUT2D eigenvalue weighted by Gasteiger charge is 2.17. The average Bonchev–Trinajstić information content (AvgIpc) is 2.34. The molecule has 0 aliphatic rings. The van der Waals surface area contributed by atoms with E-state index in [2.05, 4.69) is 0 Å². The SMILES string of the molecule is CN(C)C=CC=C(C(=O)O)C(=O)c1ccccc1. The Morgan fingerprint density at radius 2 is 1.78 bits per heavy atom. The van der Waals surface area contributed by atoms with Gasteiger partial charge in [-0.25, -0.2) is 4.79 Å². The maximum atomic E-state index is 12.0. The number of carbonyl (C=O) groups is 2. The summed E-state index contributed by atoms with van der Waals surface area (Å²) < 4.78 is 0. The average molecular weight is 245 g/mol. The first-order valence-corrected chi connectivity index (χ1v) is 5.40. The third kappa shape index (κ3) is 3.90. The summed E-state index contributed by atoms with van der Waals surface area (Å²) in [4.78, 5) is 24.8. The van der Waals surface area contributed by atoms with Crippen molar-refractivity contribution in [2.24, 2.45) is 0 Å². The third-order valence-electron chi connectivity index (χ3n) is 2.16. The number of benzene rings is 1. The van der Waals surface area contributed by atoms with Crippen LogP contribution >= 0.6 is 0 Å². The summed E-state index contributed by atoms with van der Waals surface area (Å²) in [5, 5.41) is 9.03. The van der Waals surface area contributed by atoms with Gasteiger partial charge >= 0.3 is 5.97 Å². The van der Waals surface area contributed by atoms with E-state index in [1.165, 1.54) is 12.2 Å².